The Labute approximate surface area is 267 Å². The Hall–Kier alpha value is -5.55. The Bertz CT molecular complexity index is 1630. The molecule has 11 heteroatoms. The van der Waals surface area contributed by atoms with Crippen LogP contribution in [0.4, 0.5) is 5.69 Å². The fraction of sp³-hybridized carbons (Fsp3) is 0.229. The molecule has 11 nitrogen and oxygen atoms in total. The molecule has 0 aromatic heterocycles. The van der Waals surface area contributed by atoms with E-state index in [0.717, 1.165) is 17.2 Å². The van der Waals surface area contributed by atoms with Gasteiger partial charge in [0.1, 0.15) is 6.61 Å². The van der Waals surface area contributed by atoms with Crippen LogP contribution >= 0.6 is 0 Å². The molecule has 0 saturated carbocycles. The van der Waals surface area contributed by atoms with Crippen LogP contribution in [0.2, 0.25) is 0 Å². The first-order valence-corrected chi connectivity index (χ1v) is 14.4. The van der Waals surface area contributed by atoms with Gasteiger partial charge in [0.15, 0.2) is 0 Å². The fourth-order valence-electron chi connectivity index (χ4n) is 4.87. The van der Waals surface area contributed by atoms with Crippen molar-refractivity contribution in [3.05, 3.63) is 140 Å². The highest BCUT2D eigenvalue weighted by Crippen LogP contribution is 2.40. The summed E-state index contributed by atoms with van der Waals surface area (Å²) in [4.78, 5) is 48.9. The number of non-ortho nitro benzene ring substituents is 1. The molecule has 0 amide bonds. The molecular formula is C35H37N3O8. The van der Waals surface area contributed by atoms with E-state index in [0.29, 0.717) is 30.0 Å². The van der Waals surface area contributed by atoms with Crippen LogP contribution in [0, 0.1) is 10.1 Å². The highest BCUT2D eigenvalue weighted by atomic mass is 16.6. The zero-order valence-corrected chi connectivity index (χ0v) is 26.1. The summed E-state index contributed by atoms with van der Waals surface area (Å²) in [5.41, 5.74) is 3.75. The third kappa shape index (κ3) is 10.00. The van der Waals surface area contributed by atoms with Gasteiger partial charge in [-0.3, -0.25) is 15.0 Å². The molecule has 1 aliphatic rings. The summed E-state index contributed by atoms with van der Waals surface area (Å²) < 4.78 is 10.6. The zero-order valence-electron chi connectivity index (χ0n) is 26.1. The van der Waals surface area contributed by atoms with Crippen LogP contribution in [-0.4, -0.2) is 60.1 Å². The number of carbonyl (C=O) groups excluding carboxylic acids is 2. The normalized spacial score (nSPS) is 14.3. The van der Waals surface area contributed by atoms with Crippen molar-refractivity contribution in [2.24, 2.45) is 0 Å². The molecule has 4 rings (SSSR count). The first kappa shape index (κ1) is 34.9. The minimum Gasteiger partial charge on any atom is -0.478 e. The number of carbonyl (C=O) groups is 3. The lowest BCUT2D eigenvalue weighted by Gasteiger charge is -2.30. The first-order valence-electron chi connectivity index (χ1n) is 14.4. The second-order valence-corrected chi connectivity index (χ2v) is 10.4. The van der Waals surface area contributed by atoms with Crippen LogP contribution in [-0.2, 0) is 30.4 Å². The van der Waals surface area contributed by atoms with Crippen LogP contribution in [0.25, 0.3) is 6.08 Å². The molecule has 0 spiro atoms. The SMILES string of the molecule is COC(=O)C1=C(C)NC(C)=C(C(=O)OCCN(C)Cc2ccccc2)C1c1cccc([N+](=O)[O-])c1.O=C(O)/C=C/c1ccccc1. The van der Waals surface area contributed by atoms with Gasteiger partial charge in [-0.2, -0.15) is 0 Å². The molecule has 2 N–H and O–H groups in total. The summed E-state index contributed by atoms with van der Waals surface area (Å²) >= 11 is 0. The number of carboxylic acids is 1. The molecule has 0 saturated heterocycles. The average Bonchev–Trinajstić information content (AvgIpc) is 3.04. The van der Waals surface area contributed by atoms with E-state index in [1.54, 1.807) is 26.0 Å². The lowest BCUT2D eigenvalue weighted by Crippen LogP contribution is -2.33. The molecular weight excluding hydrogens is 590 g/mol. The van der Waals surface area contributed by atoms with Gasteiger partial charge in [0, 0.05) is 42.7 Å². The quantitative estimate of drug-likeness (QED) is 0.121. The van der Waals surface area contributed by atoms with Crippen LogP contribution in [0.5, 0.6) is 0 Å². The number of dihydropyridines is 1. The molecule has 1 atom stereocenters. The second kappa shape index (κ2) is 17.1. The predicted molar refractivity (Wildman–Crippen MR) is 173 cm³/mol. The Morgan fingerprint density at radius 2 is 1.54 bits per heavy atom. The lowest BCUT2D eigenvalue weighted by molar-refractivity contribution is -0.384. The fourth-order valence-corrected chi connectivity index (χ4v) is 4.87. The predicted octanol–water partition coefficient (Wildman–Crippen LogP) is 5.46. The number of nitro groups is 1. The Balaban J connectivity index is 0.000000441. The first-order chi connectivity index (χ1) is 22.0. The molecule has 0 fully saturated rings. The van der Waals surface area contributed by atoms with Gasteiger partial charge >= 0.3 is 17.9 Å². The number of hydrogen-bond acceptors (Lipinski definition) is 9. The number of benzene rings is 3. The molecule has 3 aromatic rings. The highest BCUT2D eigenvalue weighted by Gasteiger charge is 2.38. The van der Waals surface area contributed by atoms with E-state index < -0.39 is 28.7 Å². The minimum atomic E-state index is -0.922. The largest absolute Gasteiger partial charge is 0.478 e. The maximum Gasteiger partial charge on any atom is 0.336 e. The number of nitrogens with zero attached hydrogens (tertiary/aromatic N) is 2. The number of allylic oxidation sites excluding steroid dienone is 2. The van der Waals surface area contributed by atoms with Crippen LogP contribution in [0.3, 0.4) is 0 Å². The smallest absolute Gasteiger partial charge is 0.336 e. The molecule has 1 unspecified atom stereocenters. The summed E-state index contributed by atoms with van der Waals surface area (Å²) in [7, 11) is 3.18. The van der Waals surface area contributed by atoms with Crippen molar-refractivity contribution in [1.29, 1.82) is 0 Å². The van der Waals surface area contributed by atoms with Gasteiger partial charge in [0.05, 0.1) is 29.1 Å². The topological polar surface area (TPSA) is 148 Å². The highest BCUT2D eigenvalue weighted by molar-refractivity contribution is 5.99. The summed E-state index contributed by atoms with van der Waals surface area (Å²) in [6, 6.07) is 25.1. The van der Waals surface area contributed by atoms with Gasteiger partial charge in [0.25, 0.3) is 5.69 Å². The van der Waals surface area contributed by atoms with Gasteiger partial charge < -0.3 is 19.9 Å². The van der Waals surface area contributed by atoms with E-state index in [2.05, 4.69) is 5.32 Å². The number of likely N-dealkylation sites (N-methyl/N-ethyl adjacent to an activating group) is 1. The molecule has 1 aliphatic heterocycles. The Morgan fingerprint density at radius 3 is 2.13 bits per heavy atom. The van der Waals surface area contributed by atoms with Gasteiger partial charge in [-0.05, 0) is 43.7 Å². The number of nitro benzene ring substituents is 1. The van der Waals surface area contributed by atoms with Gasteiger partial charge in [-0.15, -0.1) is 0 Å². The van der Waals surface area contributed by atoms with Crippen LogP contribution in [0.1, 0.15) is 36.5 Å². The average molecular weight is 628 g/mol. The Kier molecular flexibility index (Phi) is 13.0. The number of carboxylic acid groups (broad SMARTS) is 1. The van der Waals surface area contributed by atoms with Crippen LogP contribution in [0.15, 0.2) is 114 Å². The zero-order chi connectivity index (χ0) is 33.6. The summed E-state index contributed by atoms with van der Waals surface area (Å²) in [5, 5.41) is 22.7. The van der Waals surface area contributed by atoms with Gasteiger partial charge in [-0.25, -0.2) is 14.4 Å². The third-order valence-electron chi connectivity index (χ3n) is 7.02. The number of aliphatic carboxylic acids is 1. The molecule has 0 radical (unpaired) electrons. The Morgan fingerprint density at radius 1 is 0.935 bits per heavy atom. The maximum atomic E-state index is 13.3. The van der Waals surface area contributed by atoms with Crippen molar-refractivity contribution < 1.29 is 33.9 Å². The van der Waals surface area contributed by atoms with Crippen molar-refractivity contribution in [2.45, 2.75) is 26.3 Å². The summed E-state index contributed by atoms with van der Waals surface area (Å²) in [6.45, 7) is 4.74. The van der Waals surface area contributed by atoms with Crippen molar-refractivity contribution in [2.75, 3.05) is 27.3 Å². The number of hydrogen-bond donors (Lipinski definition) is 2. The number of nitrogens with one attached hydrogen (secondary N) is 1. The summed E-state index contributed by atoms with van der Waals surface area (Å²) in [6.07, 6.45) is 2.68. The number of rotatable bonds is 11. The van der Waals surface area contributed by atoms with E-state index in [9.17, 15) is 24.5 Å². The number of ether oxygens (including phenoxy) is 2. The molecule has 240 valence electrons. The summed E-state index contributed by atoms with van der Waals surface area (Å²) in [5.74, 6) is -3.03. The van der Waals surface area contributed by atoms with E-state index in [4.69, 9.17) is 14.6 Å². The second-order valence-electron chi connectivity index (χ2n) is 10.4. The van der Waals surface area contributed by atoms with Crippen molar-refractivity contribution >= 4 is 29.7 Å². The van der Waals surface area contributed by atoms with Crippen LogP contribution < -0.4 is 5.32 Å². The minimum absolute atomic E-state index is 0.136. The molecule has 1 heterocycles. The lowest BCUT2D eigenvalue weighted by atomic mass is 9.80. The monoisotopic (exact) mass is 627 g/mol. The molecule has 46 heavy (non-hydrogen) atoms. The van der Waals surface area contributed by atoms with Crippen molar-refractivity contribution in [3.8, 4) is 0 Å². The molecule has 3 aromatic carbocycles. The van der Waals surface area contributed by atoms with E-state index in [1.807, 2.05) is 72.6 Å². The van der Waals surface area contributed by atoms with Crippen molar-refractivity contribution in [1.82, 2.24) is 10.2 Å². The van der Waals surface area contributed by atoms with E-state index in [-0.39, 0.29) is 23.4 Å². The van der Waals surface area contributed by atoms with Gasteiger partial charge in [0.2, 0.25) is 0 Å². The van der Waals surface area contributed by atoms with Crippen molar-refractivity contribution in [3.63, 3.8) is 0 Å². The molecule has 0 bridgehead atoms. The number of esters is 2. The number of methoxy groups -OCH3 is 1. The van der Waals surface area contributed by atoms with E-state index in [1.165, 1.54) is 25.3 Å². The molecule has 0 aliphatic carbocycles. The maximum absolute atomic E-state index is 13.3. The third-order valence-corrected chi connectivity index (χ3v) is 7.02. The van der Waals surface area contributed by atoms with E-state index >= 15 is 0 Å². The van der Waals surface area contributed by atoms with Gasteiger partial charge in [-0.1, -0.05) is 72.8 Å². The standard InChI is InChI=1S/C26H29N3O6.C9H8O2/c1-17-22(25(30)34-4)24(20-11-8-12-21(15-20)29(32)33)23(18(2)27-17)26(31)35-14-13-28(3)16-19-9-6-5-7-10-19;10-9(11)7-6-8-4-2-1-3-5-8/h5-12,15,24,27H,13-14,16H2,1-4H3;1-7H,(H,10,11)/b;7-6+.